The Bertz CT molecular complexity index is 1130. The van der Waals surface area contributed by atoms with Gasteiger partial charge in [-0.2, -0.15) is 9.40 Å². The lowest BCUT2D eigenvalue weighted by Gasteiger charge is -2.36. The number of hydrogen-bond donors (Lipinski definition) is 1. The molecule has 1 N–H and O–H groups in total. The quantitative estimate of drug-likeness (QED) is 0.575. The van der Waals surface area contributed by atoms with E-state index >= 15 is 0 Å². The topological polar surface area (TPSA) is 100 Å². The van der Waals surface area contributed by atoms with Gasteiger partial charge >= 0.3 is 0 Å². The predicted octanol–water partition coefficient (Wildman–Crippen LogP) is 1.09. The standard InChI is InChI=1S/C24H36N6O4S/c1-4-29-18-21(23(31)25-8-9-27-14-16-34-17-15-27)24(26-29)35(32,33)30-12-10-28(11-13-30)22-7-5-6-19(2)20(22)3/h5-7,18H,4,8-17H2,1-3H3,(H,25,31). The lowest BCUT2D eigenvalue weighted by Crippen LogP contribution is -2.49. The maximum absolute atomic E-state index is 13.6. The number of sulfonamides is 1. The highest BCUT2D eigenvalue weighted by Crippen LogP contribution is 2.26. The highest BCUT2D eigenvalue weighted by atomic mass is 32.2. The van der Waals surface area contributed by atoms with Crippen LogP contribution in [0.4, 0.5) is 5.69 Å². The van der Waals surface area contributed by atoms with Crippen molar-refractivity contribution < 1.29 is 17.9 Å². The van der Waals surface area contributed by atoms with Crippen molar-refractivity contribution in [3.8, 4) is 0 Å². The van der Waals surface area contributed by atoms with Crippen molar-refractivity contribution >= 4 is 21.6 Å². The van der Waals surface area contributed by atoms with Gasteiger partial charge in [0.15, 0.2) is 0 Å². The zero-order chi connectivity index (χ0) is 25.0. The van der Waals surface area contributed by atoms with Crippen LogP contribution in [0.2, 0.25) is 0 Å². The van der Waals surface area contributed by atoms with Crippen LogP contribution in [0.1, 0.15) is 28.4 Å². The highest BCUT2D eigenvalue weighted by Gasteiger charge is 2.35. The molecule has 35 heavy (non-hydrogen) atoms. The van der Waals surface area contributed by atoms with Crippen LogP contribution in [0.5, 0.6) is 0 Å². The van der Waals surface area contributed by atoms with Crippen molar-refractivity contribution in [2.75, 3.05) is 70.5 Å². The van der Waals surface area contributed by atoms with Gasteiger partial charge in [-0.3, -0.25) is 14.4 Å². The van der Waals surface area contributed by atoms with Gasteiger partial charge < -0.3 is 15.0 Å². The fourth-order valence-electron chi connectivity index (χ4n) is 4.53. The Labute approximate surface area is 207 Å². The molecule has 1 aromatic carbocycles. The molecule has 11 heteroatoms. The summed E-state index contributed by atoms with van der Waals surface area (Å²) < 4.78 is 35.4. The second kappa shape index (κ2) is 11.1. The Kier molecular flexibility index (Phi) is 8.10. The van der Waals surface area contributed by atoms with Gasteiger partial charge in [-0.05, 0) is 38.0 Å². The van der Waals surface area contributed by atoms with E-state index in [-0.39, 0.29) is 10.6 Å². The number of hydrogen-bond acceptors (Lipinski definition) is 7. The third-order valence-electron chi connectivity index (χ3n) is 6.85. The monoisotopic (exact) mass is 504 g/mol. The fourth-order valence-corrected chi connectivity index (χ4v) is 6.05. The van der Waals surface area contributed by atoms with E-state index in [0.29, 0.717) is 59.0 Å². The molecular weight excluding hydrogens is 468 g/mol. The first-order chi connectivity index (χ1) is 16.8. The summed E-state index contributed by atoms with van der Waals surface area (Å²) in [5.74, 6) is -0.412. The molecule has 1 amide bonds. The van der Waals surface area contributed by atoms with Gasteiger partial charge in [0.2, 0.25) is 5.03 Å². The Morgan fingerprint density at radius 2 is 1.80 bits per heavy atom. The van der Waals surface area contributed by atoms with E-state index in [2.05, 4.69) is 46.2 Å². The van der Waals surface area contributed by atoms with Crippen LogP contribution in [0.25, 0.3) is 0 Å². The number of ether oxygens (including phenoxy) is 1. The smallest absolute Gasteiger partial charge is 0.263 e. The maximum atomic E-state index is 13.6. The van der Waals surface area contributed by atoms with Crippen LogP contribution < -0.4 is 10.2 Å². The summed E-state index contributed by atoms with van der Waals surface area (Å²) in [5, 5.41) is 6.99. The number of amides is 1. The number of anilines is 1. The summed E-state index contributed by atoms with van der Waals surface area (Å²) in [6, 6.07) is 6.19. The molecule has 0 saturated carbocycles. The number of carbonyl (C=O) groups is 1. The third kappa shape index (κ3) is 5.69. The number of morpholine rings is 1. The SMILES string of the molecule is CCn1cc(C(=O)NCCN2CCOCC2)c(S(=O)(=O)N2CCN(c3cccc(C)c3C)CC2)n1. The Balaban J connectivity index is 1.44. The molecule has 2 aromatic rings. The zero-order valence-electron chi connectivity index (χ0n) is 20.9. The molecule has 192 valence electrons. The molecule has 0 aliphatic carbocycles. The minimum Gasteiger partial charge on any atom is -0.379 e. The molecule has 0 unspecified atom stereocenters. The van der Waals surface area contributed by atoms with E-state index < -0.39 is 15.9 Å². The molecule has 0 radical (unpaired) electrons. The molecule has 0 atom stereocenters. The van der Waals surface area contributed by atoms with Crippen molar-refractivity contribution in [1.82, 2.24) is 24.3 Å². The highest BCUT2D eigenvalue weighted by molar-refractivity contribution is 7.89. The fraction of sp³-hybridized carbons (Fsp3) is 0.583. The minimum absolute atomic E-state index is 0.103. The van der Waals surface area contributed by atoms with E-state index in [9.17, 15) is 13.2 Å². The lowest BCUT2D eigenvalue weighted by molar-refractivity contribution is 0.0383. The van der Waals surface area contributed by atoms with Crippen molar-refractivity contribution in [2.45, 2.75) is 32.3 Å². The van der Waals surface area contributed by atoms with E-state index in [1.807, 2.05) is 13.0 Å². The van der Waals surface area contributed by atoms with Crippen LogP contribution in [-0.2, 0) is 21.3 Å². The predicted molar refractivity (Wildman–Crippen MR) is 134 cm³/mol. The molecule has 4 rings (SSSR count). The number of carbonyl (C=O) groups excluding carboxylic acids is 1. The van der Waals surface area contributed by atoms with Gasteiger partial charge in [0, 0.05) is 70.8 Å². The average Bonchev–Trinajstić information content (AvgIpc) is 3.32. The van der Waals surface area contributed by atoms with Crippen LogP contribution in [0.15, 0.2) is 29.4 Å². The average molecular weight is 505 g/mol. The van der Waals surface area contributed by atoms with Gasteiger partial charge in [0.25, 0.3) is 15.9 Å². The second-order valence-corrected chi connectivity index (χ2v) is 10.9. The summed E-state index contributed by atoms with van der Waals surface area (Å²) in [6.07, 6.45) is 1.53. The number of rotatable bonds is 8. The van der Waals surface area contributed by atoms with Crippen molar-refractivity contribution in [3.63, 3.8) is 0 Å². The maximum Gasteiger partial charge on any atom is 0.263 e. The van der Waals surface area contributed by atoms with Crippen molar-refractivity contribution in [3.05, 3.63) is 41.1 Å². The van der Waals surface area contributed by atoms with Gasteiger partial charge in [0.05, 0.1) is 18.8 Å². The first-order valence-electron chi connectivity index (χ1n) is 12.3. The number of aryl methyl sites for hydroxylation is 2. The van der Waals surface area contributed by atoms with Crippen LogP contribution >= 0.6 is 0 Å². The lowest BCUT2D eigenvalue weighted by atomic mass is 10.1. The van der Waals surface area contributed by atoms with Crippen molar-refractivity contribution in [2.24, 2.45) is 0 Å². The summed E-state index contributed by atoms with van der Waals surface area (Å²) in [5.41, 5.74) is 3.66. The van der Waals surface area contributed by atoms with E-state index in [1.54, 1.807) is 0 Å². The van der Waals surface area contributed by atoms with E-state index in [4.69, 9.17) is 4.74 Å². The molecule has 2 fully saturated rings. The molecule has 0 bridgehead atoms. The number of nitrogens with zero attached hydrogens (tertiary/aromatic N) is 5. The Morgan fingerprint density at radius 3 is 2.49 bits per heavy atom. The Morgan fingerprint density at radius 1 is 1.09 bits per heavy atom. The van der Waals surface area contributed by atoms with Crippen molar-refractivity contribution in [1.29, 1.82) is 0 Å². The minimum atomic E-state index is -3.91. The van der Waals surface area contributed by atoms with Gasteiger partial charge in [-0.15, -0.1) is 0 Å². The summed E-state index contributed by atoms with van der Waals surface area (Å²) >= 11 is 0. The second-order valence-electron chi connectivity index (χ2n) is 9.02. The molecule has 3 heterocycles. The van der Waals surface area contributed by atoms with Gasteiger partial charge in [-0.1, -0.05) is 12.1 Å². The summed E-state index contributed by atoms with van der Waals surface area (Å²) in [7, 11) is -3.91. The van der Waals surface area contributed by atoms with E-state index in [0.717, 1.165) is 18.8 Å². The third-order valence-corrected chi connectivity index (χ3v) is 8.69. The zero-order valence-corrected chi connectivity index (χ0v) is 21.7. The number of nitrogens with one attached hydrogen (secondary N) is 1. The first-order valence-corrected chi connectivity index (χ1v) is 13.7. The molecule has 2 aliphatic rings. The van der Waals surface area contributed by atoms with E-state index in [1.165, 1.54) is 26.3 Å². The number of aromatic nitrogens is 2. The van der Waals surface area contributed by atoms with Gasteiger partial charge in [0.1, 0.15) is 0 Å². The number of piperazine rings is 1. The molecule has 2 saturated heterocycles. The molecule has 1 aromatic heterocycles. The van der Waals surface area contributed by atoms with Gasteiger partial charge in [-0.25, -0.2) is 8.42 Å². The largest absolute Gasteiger partial charge is 0.379 e. The van der Waals surface area contributed by atoms with Crippen LogP contribution in [0, 0.1) is 13.8 Å². The van der Waals surface area contributed by atoms with Crippen LogP contribution in [-0.4, -0.2) is 98.9 Å². The van der Waals surface area contributed by atoms with Crippen LogP contribution in [0.3, 0.4) is 0 Å². The number of benzene rings is 1. The summed E-state index contributed by atoms with van der Waals surface area (Å²) in [6.45, 7) is 12.5. The molecular formula is C24H36N6O4S. The molecule has 0 spiro atoms. The normalized spacial score (nSPS) is 18.1. The molecule has 10 nitrogen and oxygen atoms in total. The Hall–Kier alpha value is -2.47. The summed E-state index contributed by atoms with van der Waals surface area (Å²) in [4.78, 5) is 17.4. The first kappa shape index (κ1) is 25.6. The molecule has 2 aliphatic heterocycles.